The van der Waals surface area contributed by atoms with Crippen LogP contribution in [0.4, 0.5) is 5.69 Å². The van der Waals surface area contributed by atoms with Crippen LogP contribution in [-0.4, -0.2) is 12.5 Å². The van der Waals surface area contributed by atoms with Crippen molar-refractivity contribution in [1.82, 2.24) is 0 Å². The van der Waals surface area contributed by atoms with Crippen LogP contribution in [0.2, 0.25) is 5.02 Å². The number of hydrogen-bond acceptors (Lipinski definition) is 1. The minimum Gasteiger partial charge on any atom is -0.333 e. The van der Waals surface area contributed by atoms with Gasteiger partial charge < -0.3 is 10.6 Å². The molecular weight excluding hydrogens is 296 g/mol. The van der Waals surface area contributed by atoms with Crippen molar-refractivity contribution < 1.29 is 10.1 Å². The highest BCUT2D eigenvalue weighted by Gasteiger charge is 2.11. The summed E-state index contributed by atoms with van der Waals surface area (Å²) in [6.45, 7) is 6.51. The fourth-order valence-electron chi connectivity index (χ4n) is 2.45. The molecule has 22 heavy (non-hydrogen) atoms. The number of nitrogens with one attached hydrogen (secondary N) is 1. The molecule has 0 fully saturated rings. The summed E-state index contributed by atoms with van der Waals surface area (Å²) in [5, 5.41) is 5.69. The molecule has 0 bridgehead atoms. The van der Waals surface area contributed by atoms with Crippen LogP contribution in [0.25, 0.3) is 0 Å². The summed E-state index contributed by atoms with van der Waals surface area (Å²) in [4.78, 5) is 12.1. The molecule has 0 aromatic heterocycles. The summed E-state index contributed by atoms with van der Waals surface area (Å²) in [6, 6.07) is 14.0. The summed E-state index contributed by atoms with van der Waals surface area (Å²) >= 11 is 5.89. The summed E-state index contributed by atoms with van der Waals surface area (Å²) in [5.74, 6) is 0.00538. The zero-order valence-electron chi connectivity index (χ0n) is 13.2. The lowest BCUT2D eigenvalue weighted by molar-refractivity contribution is -0.682. The van der Waals surface area contributed by atoms with Crippen LogP contribution in [0.3, 0.4) is 0 Å². The van der Waals surface area contributed by atoms with Gasteiger partial charge in [-0.25, -0.2) is 0 Å². The molecule has 0 aliphatic rings. The number of nitrogens with two attached hydrogens (primary N) is 1. The molecule has 116 valence electrons. The van der Waals surface area contributed by atoms with Crippen LogP contribution in [0.15, 0.2) is 42.5 Å². The Bertz CT molecular complexity index is 632. The molecule has 1 atom stereocenters. The first-order valence-electron chi connectivity index (χ1n) is 7.41. The van der Waals surface area contributed by atoms with Gasteiger partial charge in [-0.05, 0) is 56.2 Å². The monoisotopic (exact) mass is 317 g/mol. The van der Waals surface area contributed by atoms with Crippen LogP contribution >= 0.6 is 11.6 Å². The highest BCUT2D eigenvalue weighted by atomic mass is 35.5. The molecule has 2 aromatic carbocycles. The van der Waals surface area contributed by atoms with Gasteiger partial charge in [0.2, 0.25) is 0 Å². The predicted molar refractivity (Wildman–Crippen MR) is 91.2 cm³/mol. The van der Waals surface area contributed by atoms with Gasteiger partial charge in [-0.1, -0.05) is 29.8 Å². The Hall–Kier alpha value is -1.84. The second-order valence-electron chi connectivity index (χ2n) is 5.70. The molecule has 1 amide bonds. The van der Waals surface area contributed by atoms with Crippen molar-refractivity contribution in [1.29, 1.82) is 0 Å². The van der Waals surface area contributed by atoms with Crippen LogP contribution in [0.1, 0.15) is 29.7 Å². The number of amides is 1. The molecule has 0 aliphatic heterocycles. The lowest BCUT2D eigenvalue weighted by atomic mass is 10.1. The van der Waals surface area contributed by atoms with Crippen LogP contribution in [0, 0.1) is 13.8 Å². The van der Waals surface area contributed by atoms with Gasteiger partial charge in [0.1, 0.15) is 6.04 Å². The van der Waals surface area contributed by atoms with E-state index in [1.54, 1.807) is 0 Å². The maximum Gasteiger partial charge on any atom is 0.279 e. The molecular formula is C18H22ClN2O+. The van der Waals surface area contributed by atoms with Gasteiger partial charge in [0.15, 0.2) is 6.54 Å². The van der Waals surface area contributed by atoms with E-state index in [0.717, 1.165) is 27.4 Å². The standard InChI is InChI=1S/C18H21ClN2O/c1-12-8-13(2)10-17(9-12)21-18(22)11-20-14(3)15-4-6-16(19)7-5-15/h4-10,14,20H,11H2,1-3H3,(H,21,22)/p+1/t14-/m1/s1. The lowest BCUT2D eigenvalue weighted by Crippen LogP contribution is -2.86. The topological polar surface area (TPSA) is 45.7 Å². The van der Waals surface area contributed by atoms with E-state index in [2.05, 4.69) is 18.3 Å². The molecule has 3 nitrogen and oxygen atoms in total. The normalized spacial score (nSPS) is 12.0. The third-order valence-corrected chi connectivity index (χ3v) is 3.81. The van der Waals surface area contributed by atoms with Gasteiger partial charge in [-0.15, -0.1) is 0 Å². The second-order valence-corrected chi connectivity index (χ2v) is 6.14. The Labute approximate surface area is 136 Å². The number of carbonyl (C=O) groups excluding carboxylic acids is 1. The van der Waals surface area contributed by atoms with E-state index < -0.39 is 0 Å². The van der Waals surface area contributed by atoms with Crippen LogP contribution in [0.5, 0.6) is 0 Å². The number of aryl methyl sites for hydroxylation is 2. The number of anilines is 1. The van der Waals surface area contributed by atoms with Crippen molar-refractivity contribution in [3.63, 3.8) is 0 Å². The summed E-state index contributed by atoms with van der Waals surface area (Å²) in [5.41, 5.74) is 4.31. The third-order valence-electron chi connectivity index (χ3n) is 3.56. The quantitative estimate of drug-likeness (QED) is 0.874. The van der Waals surface area contributed by atoms with Crippen molar-refractivity contribution in [3.05, 3.63) is 64.2 Å². The number of hydrogen-bond donors (Lipinski definition) is 2. The van der Waals surface area contributed by atoms with Crippen molar-refractivity contribution in [2.75, 3.05) is 11.9 Å². The zero-order chi connectivity index (χ0) is 16.1. The van der Waals surface area contributed by atoms with Crippen molar-refractivity contribution in [2.45, 2.75) is 26.8 Å². The summed E-state index contributed by atoms with van der Waals surface area (Å²) in [7, 11) is 0. The van der Waals surface area contributed by atoms with Gasteiger partial charge in [0, 0.05) is 16.3 Å². The molecule has 0 radical (unpaired) electrons. The van der Waals surface area contributed by atoms with Crippen molar-refractivity contribution in [2.24, 2.45) is 0 Å². The number of quaternary nitrogens is 1. The molecule has 0 unspecified atom stereocenters. The highest BCUT2D eigenvalue weighted by molar-refractivity contribution is 6.30. The largest absolute Gasteiger partial charge is 0.333 e. The third kappa shape index (κ3) is 4.86. The van der Waals surface area contributed by atoms with Gasteiger partial charge in [-0.2, -0.15) is 0 Å². The Morgan fingerprint density at radius 1 is 1.14 bits per heavy atom. The molecule has 2 aromatic rings. The van der Waals surface area contributed by atoms with Crippen molar-refractivity contribution >= 4 is 23.2 Å². The zero-order valence-corrected chi connectivity index (χ0v) is 13.9. The first-order chi connectivity index (χ1) is 10.4. The average molecular weight is 318 g/mol. The Morgan fingerprint density at radius 2 is 1.73 bits per heavy atom. The van der Waals surface area contributed by atoms with E-state index in [4.69, 9.17) is 11.6 Å². The number of halogens is 1. The number of rotatable bonds is 5. The summed E-state index contributed by atoms with van der Waals surface area (Å²) < 4.78 is 0. The molecule has 3 N–H and O–H groups in total. The summed E-state index contributed by atoms with van der Waals surface area (Å²) in [6.07, 6.45) is 0. The van der Waals surface area contributed by atoms with Crippen LogP contribution in [-0.2, 0) is 4.79 Å². The van der Waals surface area contributed by atoms with E-state index in [-0.39, 0.29) is 11.9 Å². The molecule has 0 saturated carbocycles. The Balaban J connectivity index is 1.88. The SMILES string of the molecule is Cc1cc(C)cc(NC(=O)C[NH2+][C@H](C)c2ccc(Cl)cc2)c1. The van der Waals surface area contributed by atoms with E-state index in [1.807, 2.05) is 55.6 Å². The fraction of sp³-hybridized carbons (Fsp3) is 0.278. The maximum atomic E-state index is 12.1. The van der Waals surface area contributed by atoms with Crippen LogP contribution < -0.4 is 10.6 Å². The Kier molecular flexibility index (Phi) is 5.58. The fourth-order valence-corrected chi connectivity index (χ4v) is 2.57. The molecule has 0 spiro atoms. The second kappa shape index (κ2) is 7.43. The molecule has 4 heteroatoms. The predicted octanol–water partition coefficient (Wildman–Crippen LogP) is 3.22. The van der Waals surface area contributed by atoms with E-state index in [0.29, 0.717) is 6.54 Å². The maximum absolute atomic E-state index is 12.1. The van der Waals surface area contributed by atoms with Gasteiger partial charge >= 0.3 is 0 Å². The van der Waals surface area contributed by atoms with Gasteiger partial charge in [-0.3, -0.25) is 4.79 Å². The highest BCUT2D eigenvalue weighted by Crippen LogP contribution is 2.14. The average Bonchev–Trinajstić information content (AvgIpc) is 2.44. The number of carbonyl (C=O) groups is 1. The van der Waals surface area contributed by atoms with Gasteiger partial charge in [0.05, 0.1) is 0 Å². The van der Waals surface area contributed by atoms with E-state index in [1.165, 1.54) is 0 Å². The van der Waals surface area contributed by atoms with Gasteiger partial charge in [0.25, 0.3) is 5.91 Å². The van der Waals surface area contributed by atoms with Crippen molar-refractivity contribution in [3.8, 4) is 0 Å². The first kappa shape index (κ1) is 16.5. The van der Waals surface area contributed by atoms with E-state index in [9.17, 15) is 4.79 Å². The molecule has 0 aliphatic carbocycles. The smallest absolute Gasteiger partial charge is 0.279 e. The minimum absolute atomic E-state index is 0.00538. The lowest BCUT2D eigenvalue weighted by Gasteiger charge is -2.12. The minimum atomic E-state index is 0.00538. The molecule has 0 heterocycles. The number of benzene rings is 2. The Morgan fingerprint density at radius 3 is 2.32 bits per heavy atom. The molecule has 2 rings (SSSR count). The molecule has 0 saturated heterocycles. The first-order valence-corrected chi connectivity index (χ1v) is 7.79. The van der Waals surface area contributed by atoms with E-state index >= 15 is 0 Å².